The van der Waals surface area contributed by atoms with E-state index in [-0.39, 0.29) is 0 Å². The van der Waals surface area contributed by atoms with Crippen LogP contribution in [0, 0.1) is 0 Å². The molecule has 0 atom stereocenters. The van der Waals surface area contributed by atoms with E-state index in [0.29, 0.717) is 13.1 Å². The Morgan fingerprint density at radius 2 is 2.17 bits per heavy atom. The molecule has 0 aliphatic carbocycles. The van der Waals surface area contributed by atoms with Crippen molar-refractivity contribution in [3.8, 4) is 5.69 Å². The van der Waals surface area contributed by atoms with Crippen LogP contribution in [0.2, 0.25) is 0 Å². The molecule has 0 unspecified atom stereocenters. The van der Waals surface area contributed by atoms with E-state index < -0.39 is 0 Å². The SMILES string of the molecule is CCNC(=NCc1cccc(-n2cccn2)c1)NCc1ccco1. The maximum atomic E-state index is 5.33. The summed E-state index contributed by atoms with van der Waals surface area (Å²) in [5.41, 5.74) is 2.15. The summed E-state index contributed by atoms with van der Waals surface area (Å²) in [4.78, 5) is 4.63. The number of hydrogen-bond acceptors (Lipinski definition) is 3. The Kier molecular flexibility index (Phi) is 5.29. The molecule has 0 saturated heterocycles. The first-order chi connectivity index (χ1) is 11.8. The number of rotatable bonds is 6. The molecule has 0 bridgehead atoms. The summed E-state index contributed by atoms with van der Waals surface area (Å²) in [6, 6.07) is 13.9. The van der Waals surface area contributed by atoms with Gasteiger partial charge in [0.2, 0.25) is 0 Å². The number of aliphatic imine (C=N–C) groups is 1. The monoisotopic (exact) mass is 323 g/mol. The molecule has 3 aromatic rings. The number of aromatic nitrogens is 2. The van der Waals surface area contributed by atoms with Gasteiger partial charge in [-0.3, -0.25) is 0 Å². The van der Waals surface area contributed by atoms with E-state index in [4.69, 9.17) is 4.42 Å². The summed E-state index contributed by atoms with van der Waals surface area (Å²) in [6.07, 6.45) is 5.37. The standard InChI is InChI=1S/C18H21N5O/c1-2-19-18(21-14-17-8-4-11-24-17)20-13-15-6-3-7-16(12-15)23-10-5-9-22-23/h3-12H,2,13-14H2,1H3,(H2,19,20,21). The van der Waals surface area contributed by atoms with E-state index in [1.54, 1.807) is 12.5 Å². The van der Waals surface area contributed by atoms with Gasteiger partial charge in [-0.2, -0.15) is 5.10 Å². The van der Waals surface area contributed by atoms with E-state index in [2.05, 4.69) is 32.9 Å². The summed E-state index contributed by atoms with van der Waals surface area (Å²) in [5.74, 6) is 1.64. The average molecular weight is 323 g/mol. The molecular formula is C18H21N5O. The molecule has 124 valence electrons. The average Bonchev–Trinajstić information content (AvgIpc) is 3.31. The number of guanidine groups is 1. The van der Waals surface area contributed by atoms with Crippen molar-refractivity contribution in [3.63, 3.8) is 0 Å². The van der Waals surface area contributed by atoms with E-state index in [9.17, 15) is 0 Å². The second kappa shape index (κ2) is 8.01. The molecule has 0 aliphatic rings. The first-order valence-corrected chi connectivity index (χ1v) is 7.98. The van der Waals surface area contributed by atoms with Crippen LogP contribution >= 0.6 is 0 Å². The Bertz CT molecular complexity index is 763. The number of nitrogens with one attached hydrogen (secondary N) is 2. The second-order valence-corrected chi connectivity index (χ2v) is 5.25. The fourth-order valence-electron chi connectivity index (χ4n) is 2.31. The van der Waals surface area contributed by atoms with Gasteiger partial charge in [-0.25, -0.2) is 9.67 Å². The Morgan fingerprint density at radius 1 is 1.21 bits per heavy atom. The lowest BCUT2D eigenvalue weighted by molar-refractivity contribution is 0.501. The lowest BCUT2D eigenvalue weighted by atomic mass is 10.2. The molecular weight excluding hydrogens is 302 g/mol. The third-order valence-electron chi connectivity index (χ3n) is 3.45. The summed E-state index contributed by atoms with van der Waals surface area (Å²) in [5, 5.41) is 10.8. The minimum atomic E-state index is 0.586. The van der Waals surface area contributed by atoms with Crippen molar-refractivity contribution in [2.45, 2.75) is 20.0 Å². The Labute approximate surface area is 141 Å². The van der Waals surface area contributed by atoms with Gasteiger partial charge in [0, 0.05) is 18.9 Å². The van der Waals surface area contributed by atoms with Crippen molar-refractivity contribution in [1.29, 1.82) is 0 Å². The number of furan rings is 1. The Hall–Kier alpha value is -3.02. The third-order valence-corrected chi connectivity index (χ3v) is 3.45. The topological polar surface area (TPSA) is 67.4 Å². The molecule has 1 aromatic carbocycles. The van der Waals surface area contributed by atoms with Crippen molar-refractivity contribution in [2.24, 2.45) is 4.99 Å². The van der Waals surface area contributed by atoms with Gasteiger partial charge < -0.3 is 15.1 Å². The zero-order valence-electron chi connectivity index (χ0n) is 13.6. The quantitative estimate of drug-likeness (QED) is 0.541. The third kappa shape index (κ3) is 4.25. The van der Waals surface area contributed by atoms with Crippen molar-refractivity contribution < 1.29 is 4.42 Å². The fraction of sp³-hybridized carbons (Fsp3) is 0.222. The van der Waals surface area contributed by atoms with Gasteiger partial charge in [-0.05, 0) is 42.8 Å². The van der Waals surface area contributed by atoms with Crippen LogP contribution in [0.3, 0.4) is 0 Å². The van der Waals surface area contributed by atoms with Gasteiger partial charge in [0.25, 0.3) is 0 Å². The predicted molar refractivity (Wildman–Crippen MR) is 93.9 cm³/mol. The zero-order valence-corrected chi connectivity index (χ0v) is 13.6. The molecule has 2 aromatic heterocycles. The summed E-state index contributed by atoms with van der Waals surface area (Å²) in [6.45, 7) is 4.04. The molecule has 0 saturated carbocycles. The fourth-order valence-corrected chi connectivity index (χ4v) is 2.31. The second-order valence-electron chi connectivity index (χ2n) is 5.25. The predicted octanol–water partition coefficient (Wildman–Crippen LogP) is 2.72. The molecule has 0 aliphatic heterocycles. The smallest absolute Gasteiger partial charge is 0.191 e. The molecule has 3 rings (SSSR count). The lowest BCUT2D eigenvalue weighted by Gasteiger charge is -2.10. The molecule has 2 N–H and O–H groups in total. The highest BCUT2D eigenvalue weighted by Crippen LogP contribution is 2.10. The highest BCUT2D eigenvalue weighted by molar-refractivity contribution is 5.79. The molecule has 24 heavy (non-hydrogen) atoms. The van der Waals surface area contributed by atoms with Gasteiger partial charge in [-0.15, -0.1) is 0 Å². The lowest BCUT2D eigenvalue weighted by Crippen LogP contribution is -2.36. The van der Waals surface area contributed by atoms with Crippen LogP contribution in [0.4, 0.5) is 0 Å². The zero-order chi connectivity index (χ0) is 16.6. The van der Waals surface area contributed by atoms with E-state index in [1.807, 2.05) is 48.1 Å². The molecule has 2 heterocycles. The number of hydrogen-bond donors (Lipinski definition) is 2. The van der Waals surface area contributed by atoms with E-state index in [0.717, 1.165) is 29.5 Å². The largest absolute Gasteiger partial charge is 0.467 e. The maximum absolute atomic E-state index is 5.33. The highest BCUT2D eigenvalue weighted by atomic mass is 16.3. The molecule has 0 spiro atoms. The molecule has 6 heteroatoms. The van der Waals surface area contributed by atoms with Crippen molar-refractivity contribution in [1.82, 2.24) is 20.4 Å². The highest BCUT2D eigenvalue weighted by Gasteiger charge is 2.01. The van der Waals surface area contributed by atoms with Crippen LogP contribution in [0.5, 0.6) is 0 Å². The summed E-state index contributed by atoms with van der Waals surface area (Å²) >= 11 is 0. The number of nitrogens with zero attached hydrogens (tertiary/aromatic N) is 3. The van der Waals surface area contributed by atoms with Gasteiger partial charge in [0.15, 0.2) is 5.96 Å². The first kappa shape index (κ1) is 15.9. The van der Waals surface area contributed by atoms with Gasteiger partial charge in [0.1, 0.15) is 5.76 Å². The molecule has 0 fully saturated rings. The van der Waals surface area contributed by atoms with E-state index in [1.165, 1.54) is 0 Å². The van der Waals surface area contributed by atoms with E-state index >= 15 is 0 Å². The van der Waals surface area contributed by atoms with Crippen LogP contribution in [0.25, 0.3) is 5.69 Å². The van der Waals surface area contributed by atoms with Crippen molar-refractivity contribution in [2.75, 3.05) is 6.54 Å². The maximum Gasteiger partial charge on any atom is 0.191 e. The van der Waals surface area contributed by atoms with Crippen LogP contribution in [0.1, 0.15) is 18.2 Å². The minimum Gasteiger partial charge on any atom is -0.467 e. The van der Waals surface area contributed by atoms with Gasteiger partial charge in [-0.1, -0.05) is 12.1 Å². The van der Waals surface area contributed by atoms with Gasteiger partial charge in [0.05, 0.1) is 25.0 Å². The molecule has 0 amide bonds. The summed E-state index contributed by atoms with van der Waals surface area (Å²) < 4.78 is 7.17. The van der Waals surface area contributed by atoms with Crippen molar-refractivity contribution in [3.05, 3.63) is 72.4 Å². The minimum absolute atomic E-state index is 0.586. The normalized spacial score (nSPS) is 11.5. The van der Waals surface area contributed by atoms with Gasteiger partial charge >= 0.3 is 0 Å². The summed E-state index contributed by atoms with van der Waals surface area (Å²) in [7, 11) is 0. The Balaban J connectivity index is 1.66. The number of benzene rings is 1. The molecule has 6 nitrogen and oxygen atoms in total. The van der Waals surface area contributed by atoms with Crippen LogP contribution in [0.15, 0.2) is 70.5 Å². The Morgan fingerprint density at radius 3 is 2.92 bits per heavy atom. The molecule has 0 radical (unpaired) electrons. The first-order valence-electron chi connectivity index (χ1n) is 7.98. The van der Waals surface area contributed by atoms with Crippen molar-refractivity contribution >= 4 is 5.96 Å². The van der Waals surface area contributed by atoms with Crippen LogP contribution < -0.4 is 10.6 Å². The van der Waals surface area contributed by atoms with Crippen LogP contribution in [-0.2, 0) is 13.1 Å². The van der Waals surface area contributed by atoms with Crippen LogP contribution in [-0.4, -0.2) is 22.3 Å².